The third-order valence-electron chi connectivity index (χ3n) is 14.3. The van der Waals surface area contributed by atoms with Crippen molar-refractivity contribution in [2.45, 2.75) is 5.41 Å². The maximum Gasteiger partial charge on any atom is 0.263 e. The summed E-state index contributed by atoms with van der Waals surface area (Å²) < 4.78 is 4.38. The molecule has 12 aromatic rings. The Hall–Kier alpha value is -8.73. The number of anilines is 3. The molecule has 0 aliphatic carbocycles. The van der Waals surface area contributed by atoms with E-state index in [0.29, 0.717) is 5.39 Å². The molecule has 2 aromatic heterocycles. The van der Waals surface area contributed by atoms with Crippen molar-refractivity contribution in [3.8, 4) is 33.6 Å². The van der Waals surface area contributed by atoms with Crippen LogP contribution in [-0.4, -0.2) is 9.13 Å². The molecule has 308 valence electrons. The van der Waals surface area contributed by atoms with Crippen LogP contribution >= 0.6 is 0 Å². The first kappa shape index (κ1) is 36.7. The number of hydrogen-bond acceptors (Lipinski definition) is 2. The Bertz CT molecular complexity index is 3930. The number of aromatic nitrogens is 2. The molecule has 4 heteroatoms. The van der Waals surface area contributed by atoms with Crippen LogP contribution in [0.15, 0.2) is 241 Å². The van der Waals surface area contributed by atoms with Crippen LogP contribution in [0.1, 0.15) is 22.3 Å². The van der Waals surface area contributed by atoms with Gasteiger partial charge in [-0.2, -0.15) is 0 Å². The molecule has 2 aliphatic heterocycles. The Morgan fingerprint density at radius 2 is 0.848 bits per heavy atom. The Balaban J connectivity index is 1.15. The Labute approximate surface area is 381 Å². The minimum absolute atomic E-state index is 0.00947. The van der Waals surface area contributed by atoms with Gasteiger partial charge in [-0.25, -0.2) is 0 Å². The van der Waals surface area contributed by atoms with Crippen molar-refractivity contribution in [3.05, 3.63) is 269 Å². The fourth-order valence-electron chi connectivity index (χ4n) is 11.6. The molecule has 4 heterocycles. The first-order chi connectivity index (χ1) is 32.7. The zero-order valence-electron chi connectivity index (χ0n) is 35.8. The van der Waals surface area contributed by atoms with E-state index in [9.17, 15) is 0 Å². The number of nitrogens with zero attached hydrogens (tertiary/aromatic N) is 3. The normalized spacial score (nSPS) is 13.3. The van der Waals surface area contributed by atoms with E-state index >= 15 is 4.79 Å². The summed E-state index contributed by atoms with van der Waals surface area (Å²) in [6.07, 6.45) is 0. The molecule has 0 amide bonds. The van der Waals surface area contributed by atoms with Gasteiger partial charge in [0.1, 0.15) is 0 Å². The Morgan fingerprint density at radius 3 is 1.55 bits per heavy atom. The monoisotopic (exact) mass is 841 g/mol. The van der Waals surface area contributed by atoms with Crippen molar-refractivity contribution >= 4 is 60.5 Å². The molecule has 0 atom stereocenters. The van der Waals surface area contributed by atoms with E-state index in [1.165, 1.54) is 16.3 Å². The molecule has 0 N–H and O–H groups in total. The van der Waals surface area contributed by atoms with E-state index in [1.807, 2.05) is 22.8 Å². The van der Waals surface area contributed by atoms with Crippen LogP contribution in [0.4, 0.5) is 17.1 Å². The number of rotatable bonds is 4. The smallest absolute Gasteiger partial charge is 0.263 e. The molecule has 0 saturated carbocycles. The van der Waals surface area contributed by atoms with E-state index in [1.54, 1.807) is 0 Å². The van der Waals surface area contributed by atoms with E-state index < -0.39 is 5.41 Å². The average Bonchev–Trinajstić information content (AvgIpc) is 3.72. The van der Waals surface area contributed by atoms with Crippen LogP contribution in [0.25, 0.3) is 77.1 Å². The van der Waals surface area contributed by atoms with Gasteiger partial charge in [0.05, 0.1) is 39.0 Å². The lowest BCUT2D eigenvalue weighted by Gasteiger charge is -2.49. The van der Waals surface area contributed by atoms with Gasteiger partial charge in [-0.15, -0.1) is 0 Å². The van der Waals surface area contributed by atoms with Crippen LogP contribution in [0.3, 0.4) is 0 Å². The maximum absolute atomic E-state index is 15.0. The van der Waals surface area contributed by atoms with Crippen LogP contribution < -0.4 is 10.5 Å². The van der Waals surface area contributed by atoms with Gasteiger partial charge in [0.15, 0.2) is 0 Å². The van der Waals surface area contributed by atoms with Gasteiger partial charge in [0, 0.05) is 32.9 Å². The van der Waals surface area contributed by atoms with Crippen molar-refractivity contribution in [2.75, 3.05) is 4.90 Å². The predicted molar refractivity (Wildman–Crippen MR) is 272 cm³/mol. The third kappa shape index (κ3) is 4.95. The van der Waals surface area contributed by atoms with Crippen LogP contribution in [-0.2, 0) is 5.41 Å². The lowest BCUT2D eigenvalue weighted by molar-refractivity contribution is 0.709. The molecule has 0 saturated heterocycles. The van der Waals surface area contributed by atoms with Crippen molar-refractivity contribution in [1.82, 2.24) is 9.13 Å². The fraction of sp³-hybridized carbons (Fsp3) is 0.0161. The average molecular weight is 842 g/mol. The van der Waals surface area contributed by atoms with E-state index in [2.05, 4.69) is 228 Å². The van der Waals surface area contributed by atoms with E-state index in [0.717, 1.165) is 94.8 Å². The van der Waals surface area contributed by atoms with Gasteiger partial charge in [-0.1, -0.05) is 164 Å². The molecule has 66 heavy (non-hydrogen) atoms. The SMILES string of the molecule is O=c1c2ccccc2c2cccc3c2n1-c1ccccc1C31c2cc(-c3ccccc3)ccc2N(c2ccc3c(c2)c2ccccc2n3-c2ccccc2)c2ccc(-c3ccccc3)cc21. The van der Waals surface area contributed by atoms with Gasteiger partial charge in [0.25, 0.3) is 5.56 Å². The second-order valence-corrected chi connectivity index (χ2v) is 17.6. The third-order valence-corrected chi connectivity index (χ3v) is 14.3. The highest BCUT2D eigenvalue weighted by molar-refractivity contribution is 6.12. The Kier molecular flexibility index (Phi) is 7.72. The molecule has 10 aromatic carbocycles. The molecule has 4 nitrogen and oxygen atoms in total. The summed E-state index contributed by atoms with van der Waals surface area (Å²) in [7, 11) is 0. The van der Waals surface area contributed by atoms with Crippen molar-refractivity contribution in [1.29, 1.82) is 0 Å². The minimum Gasteiger partial charge on any atom is -0.310 e. The molecule has 0 radical (unpaired) electrons. The van der Waals surface area contributed by atoms with Crippen LogP contribution in [0, 0.1) is 0 Å². The van der Waals surface area contributed by atoms with Gasteiger partial charge in [-0.05, 0) is 123 Å². The molecular weight excluding hydrogens is 803 g/mol. The molecule has 0 fully saturated rings. The number of benzene rings is 10. The summed E-state index contributed by atoms with van der Waals surface area (Å²) >= 11 is 0. The zero-order chi connectivity index (χ0) is 43.5. The van der Waals surface area contributed by atoms with Gasteiger partial charge >= 0.3 is 0 Å². The lowest BCUT2D eigenvalue weighted by Crippen LogP contribution is -2.42. The summed E-state index contributed by atoms with van der Waals surface area (Å²) in [5.74, 6) is 0. The van der Waals surface area contributed by atoms with Crippen molar-refractivity contribution < 1.29 is 0 Å². The summed E-state index contributed by atoms with van der Waals surface area (Å²) in [5, 5.41) is 5.12. The second kappa shape index (κ2) is 13.9. The van der Waals surface area contributed by atoms with Crippen molar-refractivity contribution in [3.63, 3.8) is 0 Å². The fourth-order valence-corrected chi connectivity index (χ4v) is 11.6. The maximum atomic E-state index is 15.0. The van der Waals surface area contributed by atoms with Gasteiger partial charge in [0.2, 0.25) is 0 Å². The predicted octanol–water partition coefficient (Wildman–Crippen LogP) is 15.1. The van der Waals surface area contributed by atoms with Gasteiger partial charge in [-0.3, -0.25) is 9.36 Å². The summed E-state index contributed by atoms with van der Waals surface area (Å²) in [4.78, 5) is 17.5. The number of hydrogen-bond donors (Lipinski definition) is 0. The summed E-state index contributed by atoms with van der Waals surface area (Å²) in [6, 6.07) is 85.2. The van der Waals surface area contributed by atoms with E-state index in [-0.39, 0.29) is 5.56 Å². The quantitative estimate of drug-likeness (QED) is 0.165. The summed E-state index contributed by atoms with van der Waals surface area (Å²) in [6.45, 7) is 0. The minimum atomic E-state index is -0.852. The molecule has 0 unspecified atom stereocenters. The number of para-hydroxylation sites is 4. The molecule has 0 bridgehead atoms. The summed E-state index contributed by atoms with van der Waals surface area (Å²) in [5.41, 5.74) is 16.7. The van der Waals surface area contributed by atoms with E-state index in [4.69, 9.17) is 0 Å². The second-order valence-electron chi connectivity index (χ2n) is 17.6. The van der Waals surface area contributed by atoms with Crippen molar-refractivity contribution in [2.24, 2.45) is 0 Å². The molecular formula is C62H39N3O. The standard InChI is InChI=1S/C62H39N3O/c66-61-49-25-11-10-23-46(49)48-26-16-28-52-60(48)65(61)57-30-15-13-27-51(57)62(52)53-37-42(40-17-4-1-5-18-40)31-34-58(53)64(59-35-32-43(38-54(59)62)41-19-6-2-7-20-41)45-33-36-56-50(39-45)47-24-12-14-29-55(47)63(56)44-21-8-3-9-22-44/h1-39H. The largest absolute Gasteiger partial charge is 0.310 e. The first-order valence-electron chi connectivity index (χ1n) is 22.6. The topological polar surface area (TPSA) is 30.2 Å². The van der Waals surface area contributed by atoms with Gasteiger partial charge < -0.3 is 9.47 Å². The van der Waals surface area contributed by atoms with Crippen LogP contribution in [0.5, 0.6) is 0 Å². The molecule has 2 aliphatic rings. The Morgan fingerprint density at radius 1 is 0.303 bits per heavy atom. The first-order valence-corrected chi connectivity index (χ1v) is 22.6. The molecule has 14 rings (SSSR count). The number of pyridine rings is 1. The highest BCUT2D eigenvalue weighted by atomic mass is 16.1. The molecule has 1 spiro atoms. The highest BCUT2D eigenvalue weighted by Gasteiger charge is 2.51. The number of fused-ring (bicyclic) bond motifs is 13. The highest BCUT2D eigenvalue weighted by Crippen LogP contribution is 2.62. The lowest BCUT2D eigenvalue weighted by atomic mass is 9.60. The van der Waals surface area contributed by atoms with Crippen LogP contribution in [0.2, 0.25) is 0 Å². The zero-order valence-corrected chi connectivity index (χ0v) is 35.8.